The maximum Gasteiger partial charge on any atom is 0.143 e. The van der Waals surface area contributed by atoms with Crippen molar-refractivity contribution in [3.63, 3.8) is 0 Å². The first-order chi connectivity index (χ1) is 4.74. The van der Waals surface area contributed by atoms with Gasteiger partial charge in [-0.3, -0.25) is 0 Å². The highest BCUT2D eigenvalue weighted by atomic mass is 16.7. The number of nitrogens with zero attached hydrogens (tertiary/aromatic N) is 1. The molecule has 0 atom stereocenters. The molecule has 0 saturated heterocycles. The SMILES string of the molecule is CCOn1cc(O)cc1N. The normalized spacial score (nSPS) is 9.70. The summed E-state index contributed by atoms with van der Waals surface area (Å²) in [5, 5.41) is 8.88. The summed E-state index contributed by atoms with van der Waals surface area (Å²) in [7, 11) is 0. The molecule has 1 heterocycles. The first-order valence-electron chi connectivity index (χ1n) is 3.04. The van der Waals surface area contributed by atoms with E-state index in [2.05, 4.69) is 0 Å². The molecular weight excluding hydrogens is 132 g/mol. The van der Waals surface area contributed by atoms with Gasteiger partial charge in [-0.15, -0.1) is 0 Å². The van der Waals surface area contributed by atoms with E-state index in [9.17, 15) is 0 Å². The maximum atomic E-state index is 8.88. The average molecular weight is 142 g/mol. The third kappa shape index (κ3) is 1.15. The highest BCUT2D eigenvalue weighted by Gasteiger charge is 1.99. The highest BCUT2D eigenvalue weighted by Crippen LogP contribution is 2.14. The molecule has 0 radical (unpaired) electrons. The van der Waals surface area contributed by atoms with Gasteiger partial charge in [-0.1, -0.05) is 0 Å². The van der Waals surface area contributed by atoms with Gasteiger partial charge in [0, 0.05) is 6.07 Å². The van der Waals surface area contributed by atoms with Gasteiger partial charge in [0.05, 0.1) is 6.20 Å². The number of nitrogen functional groups attached to an aromatic ring is 1. The standard InChI is InChI=1S/C6H10N2O2/c1-2-10-8-4-5(9)3-6(8)7/h3-4,9H,2,7H2,1H3. The second-order valence-corrected chi connectivity index (χ2v) is 1.87. The number of aromatic nitrogens is 1. The summed E-state index contributed by atoms with van der Waals surface area (Å²) in [6, 6.07) is 1.43. The summed E-state index contributed by atoms with van der Waals surface area (Å²) in [4.78, 5) is 4.99. The lowest BCUT2D eigenvalue weighted by atomic mass is 10.6. The fraction of sp³-hybridized carbons (Fsp3) is 0.333. The van der Waals surface area contributed by atoms with Crippen molar-refractivity contribution in [3.8, 4) is 5.75 Å². The van der Waals surface area contributed by atoms with Crippen molar-refractivity contribution in [1.29, 1.82) is 0 Å². The largest absolute Gasteiger partial charge is 0.506 e. The molecule has 0 aliphatic rings. The minimum atomic E-state index is 0.117. The Hall–Kier alpha value is -1.32. The molecule has 10 heavy (non-hydrogen) atoms. The van der Waals surface area contributed by atoms with E-state index in [0.717, 1.165) is 0 Å². The van der Waals surface area contributed by atoms with Crippen LogP contribution in [0.1, 0.15) is 6.92 Å². The number of hydrogen-bond acceptors (Lipinski definition) is 3. The summed E-state index contributed by atoms with van der Waals surface area (Å²) < 4.78 is 1.33. The number of nitrogens with two attached hydrogens (primary N) is 1. The molecule has 1 rings (SSSR count). The number of aromatic hydroxyl groups is 1. The molecule has 0 aromatic carbocycles. The molecule has 0 fully saturated rings. The molecule has 0 saturated carbocycles. The summed E-state index contributed by atoms with van der Waals surface area (Å²) in [5.41, 5.74) is 5.41. The lowest BCUT2D eigenvalue weighted by molar-refractivity contribution is 0.126. The van der Waals surface area contributed by atoms with E-state index in [1.165, 1.54) is 17.0 Å². The van der Waals surface area contributed by atoms with Crippen LogP contribution in [-0.2, 0) is 0 Å². The van der Waals surface area contributed by atoms with Crippen molar-refractivity contribution >= 4 is 5.82 Å². The molecule has 0 aliphatic heterocycles. The van der Waals surface area contributed by atoms with Crippen LogP contribution in [0.25, 0.3) is 0 Å². The maximum absolute atomic E-state index is 8.88. The molecule has 0 aliphatic carbocycles. The van der Waals surface area contributed by atoms with Crippen molar-refractivity contribution in [3.05, 3.63) is 12.3 Å². The van der Waals surface area contributed by atoms with Crippen LogP contribution in [0.5, 0.6) is 5.75 Å². The van der Waals surface area contributed by atoms with E-state index in [1.807, 2.05) is 6.92 Å². The topological polar surface area (TPSA) is 60.4 Å². The fourth-order valence-electron chi connectivity index (χ4n) is 0.698. The average Bonchev–Trinajstić information content (AvgIpc) is 2.13. The molecule has 0 bridgehead atoms. The van der Waals surface area contributed by atoms with Crippen LogP contribution in [0.4, 0.5) is 5.82 Å². The van der Waals surface area contributed by atoms with Gasteiger partial charge in [0.2, 0.25) is 0 Å². The third-order valence-electron chi connectivity index (χ3n) is 1.07. The van der Waals surface area contributed by atoms with Crippen LogP contribution < -0.4 is 10.6 Å². The van der Waals surface area contributed by atoms with Crippen molar-refractivity contribution in [1.82, 2.24) is 4.73 Å². The van der Waals surface area contributed by atoms with E-state index in [-0.39, 0.29) is 5.75 Å². The van der Waals surface area contributed by atoms with Crippen LogP contribution >= 0.6 is 0 Å². The molecule has 1 aromatic heterocycles. The lowest BCUT2D eigenvalue weighted by Gasteiger charge is -2.03. The minimum absolute atomic E-state index is 0.117. The van der Waals surface area contributed by atoms with Gasteiger partial charge in [-0.05, 0) is 6.92 Å². The van der Waals surface area contributed by atoms with E-state index < -0.39 is 0 Å². The Morgan fingerprint density at radius 3 is 2.90 bits per heavy atom. The van der Waals surface area contributed by atoms with Crippen LogP contribution in [-0.4, -0.2) is 16.4 Å². The zero-order chi connectivity index (χ0) is 7.56. The van der Waals surface area contributed by atoms with Gasteiger partial charge in [0.25, 0.3) is 0 Å². The molecule has 0 spiro atoms. The van der Waals surface area contributed by atoms with E-state index in [4.69, 9.17) is 15.7 Å². The van der Waals surface area contributed by atoms with Crippen LogP contribution in [0.2, 0.25) is 0 Å². The number of anilines is 1. The quantitative estimate of drug-likeness (QED) is 0.621. The molecule has 1 aromatic rings. The van der Waals surface area contributed by atoms with Crippen molar-refractivity contribution in [2.45, 2.75) is 6.92 Å². The predicted molar refractivity (Wildman–Crippen MR) is 37.6 cm³/mol. The highest BCUT2D eigenvalue weighted by molar-refractivity contribution is 5.37. The number of hydrogen-bond donors (Lipinski definition) is 2. The minimum Gasteiger partial charge on any atom is -0.506 e. The van der Waals surface area contributed by atoms with Crippen LogP contribution in [0.15, 0.2) is 12.3 Å². The van der Waals surface area contributed by atoms with Gasteiger partial charge in [0.1, 0.15) is 18.2 Å². The smallest absolute Gasteiger partial charge is 0.143 e. The Kier molecular flexibility index (Phi) is 1.71. The molecule has 0 unspecified atom stereocenters. The van der Waals surface area contributed by atoms with Crippen molar-refractivity contribution in [2.75, 3.05) is 12.3 Å². The molecule has 56 valence electrons. The first kappa shape index (κ1) is 6.80. The van der Waals surface area contributed by atoms with Gasteiger partial charge < -0.3 is 15.7 Å². The Labute approximate surface area is 58.8 Å². The van der Waals surface area contributed by atoms with Gasteiger partial charge in [-0.25, -0.2) is 0 Å². The second-order valence-electron chi connectivity index (χ2n) is 1.87. The summed E-state index contributed by atoms with van der Waals surface area (Å²) in [5.74, 6) is 0.519. The van der Waals surface area contributed by atoms with Crippen molar-refractivity contribution in [2.24, 2.45) is 0 Å². The second kappa shape index (κ2) is 2.51. The first-order valence-corrected chi connectivity index (χ1v) is 3.04. The Morgan fingerprint density at radius 2 is 2.50 bits per heavy atom. The van der Waals surface area contributed by atoms with Gasteiger partial charge in [0.15, 0.2) is 0 Å². The van der Waals surface area contributed by atoms with Gasteiger partial charge >= 0.3 is 0 Å². The summed E-state index contributed by atoms with van der Waals surface area (Å²) >= 11 is 0. The Balaban J connectivity index is 2.81. The van der Waals surface area contributed by atoms with E-state index in [1.54, 1.807) is 0 Å². The summed E-state index contributed by atoms with van der Waals surface area (Å²) in [6.07, 6.45) is 1.42. The van der Waals surface area contributed by atoms with E-state index in [0.29, 0.717) is 12.4 Å². The predicted octanol–water partition coefficient (Wildman–Crippen LogP) is 0.224. The zero-order valence-electron chi connectivity index (χ0n) is 5.74. The Morgan fingerprint density at radius 1 is 1.80 bits per heavy atom. The van der Waals surface area contributed by atoms with Crippen molar-refractivity contribution < 1.29 is 9.94 Å². The summed E-state index contributed by atoms with van der Waals surface area (Å²) in [6.45, 7) is 2.37. The molecular formula is C6H10N2O2. The molecule has 0 amide bonds. The molecule has 4 nitrogen and oxygen atoms in total. The molecule has 3 N–H and O–H groups in total. The fourth-order valence-corrected chi connectivity index (χ4v) is 0.698. The Bertz CT molecular complexity index is 220. The van der Waals surface area contributed by atoms with Crippen LogP contribution in [0, 0.1) is 0 Å². The van der Waals surface area contributed by atoms with Crippen LogP contribution in [0.3, 0.4) is 0 Å². The monoisotopic (exact) mass is 142 g/mol. The lowest BCUT2D eigenvalue weighted by Crippen LogP contribution is -2.11. The number of rotatable bonds is 2. The third-order valence-corrected chi connectivity index (χ3v) is 1.07. The van der Waals surface area contributed by atoms with E-state index >= 15 is 0 Å². The zero-order valence-corrected chi connectivity index (χ0v) is 5.74. The molecule has 4 heteroatoms. The van der Waals surface area contributed by atoms with Gasteiger partial charge in [-0.2, -0.15) is 4.73 Å².